The number of hydrogen-bond donors (Lipinski definition) is 1. The lowest BCUT2D eigenvalue weighted by Crippen LogP contribution is -2.50. The van der Waals surface area contributed by atoms with Gasteiger partial charge in [-0.2, -0.15) is 0 Å². The second kappa shape index (κ2) is 12.7. The second-order valence-corrected chi connectivity index (χ2v) is 8.23. The SMILES string of the molecule is CC[C@@H](C(=O)NC(C)C)N(Cc1cccc(C)c1)C(=O)CCCOc1ccc(OC)cc1. The molecular weight excluding hydrogens is 404 g/mol. The summed E-state index contributed by atoms with van der Waals surface area (Å²) in [5.41, 5.74) is 2.14. The Balaban J connectivity index is 2.03. The first-order chi connectivity index (χ1) is 15.3. The molecule has 6 heteroatoms. The fraction of sp³-hybridized carbons (Fsp3) is 0.462. The van der Waals surface area contributed by atoms with Gasteiger partial charge in [-0.05, 0) is 63.4 Å². The minimum atomic E-state index is -0.507. The molecule has 0 saturated carbocycles. The van der Waals surface area contributed by atoms with Crippen molar-refractivity contribution in [3.05, 3.63) is 59.7 Å². The zero-order valence-corrected chi connectivity index (χ0v) is 19.9. The highest BCUT2D eigenvalue weighted by Gasteiger charge is 2.28. The van der Waals surface area contributed by atoms with Crippen LogP contribution in [0.25, 0.3) is 0 Å². The van der Waals surface area contributed by atoms with Crippen molar-refractivity contribution >= 4 is 11.8 Å². The van der Waals surface area contributed by atoms with Crippen molar-refractivity contribution in [2.24, 2.45) is 0 Å². The topological polar surface area (TPSA) is 67.9 Å². The quantitative estimate of drug-likeness (QED) is 0.494. The molecule has 0 radical (unpaired) electrons. The number of carbonyl (C=O) groups excluding carboxylic acids is 2. The van der Waals surface area contributed by atoms with Crippen molar-refractivity contribution < 1.29 is 19.1 Å². The molecule has 0 unspecified atom stereocenters. The summed E-state index contributed by atoms with van der Waals surface area (Å²) in [6.07, 6.45) is 1.43. The van der Waals surface area contributed by atoms with Crippen LogP contribution in [-0.4, -0.2) is 42.5 Å². The molecule has 0 aromatic heterocycles. The fourth-order valence-corrected chi connectivity index (χ4v) is 3.54. The van der Waals surface area contributed by atoms with Gasteiger partial charge in [0.15, 0.2) is 0 Å². The summed E-state index contributed by atoms with van der Waals surface area (Å²) in [5.74, 6) is 1.34. The molecule has 0 aliphatic carbocycles. The molecule has 2 amide bonds. The van der Waals surface area contributed by atoms with E-state index in [1.54, 1.807) is 12.0 Å². The molecule has 0 aliphatic heterocycles. The Morgan fingerprint density at radius 3 is 2.34 bits per heavy atom. The molecule has 0 saturated heterocycles. The minimum Gasteiger partial charge on any atom is -0.497 e. The third-order valence-corrected chi connectivity index (χ3v) is 5.12. The van der Waals surface area contributed by atoms with Gasteiger partial charge in [-0.3, -0.25) is 9.59 Å². The van der Waals surface area contributed by atoms with Gasteiger partial charge in [0.1, 0.15) is 17.5 Å². The molecule has 0 bridgehead atoms. The average Bonchev–Trinajstić information content (AvgIpc) is 2.76. The van der Waals surface area contributed by atoms with Crippen LogP contribution in [-0.2, 0) is 16.1 Å². The molecule has 2 aromatic rings. The molecule has 0 fully saturated rings. The van der Waals surface area contributed by atoms with Gasteiger partial charge in [-0.15, -0.1) is 0 Å². The maximum absolute atomic E-state index is 13.2. The highest BCUT2D eigenvalue weighted by molar-refractivity contribution is 5.87. The molecule has 1 N–H and O–H groups in total. The molecule has 0 spiro atoms. The van der Waals surface area contributed by atoms with Crippen molar-refractivity contribution in [1.82, 2.24) is 10.2 Å². The molecule has 1 atom stereocenters. The van der Waals surface area contributed by atoms with Crippen LogP contribution in [0.1, 0.15) is 51.2 Å². The van der Waals surface area contributed by atoms with Crippen molar-refractivity contribution in [3.8, 4) is 11.5 Å². The van der Waals surface area contributed by atoms with Gasteiger partial charge in [-0.1, -0.05) is 36.8 Å². The number of hydrogen-bond acceptors (Lipinski definition) is 4. The number of aryl methyl sites for hydroxylation is 1. The summed E-state index contributed by atoms with van der Waals surface area (Å²) in [7, 11) is 1.62. The maximum Gasteiger partial charge on any atom is 0.243 e. The minimum absolute atomic E-state index is 0.0189. The Bertz CT molecular complexity index is 864. The lowest BCUT2D eigenvalue weighted by Gasteiger charge is -2.31. The van der Waals surface area contributed by atoms with Gasteiger partial charge >= 0.3 is 0 Å². The number of rotatable bonds is 12. The smallest absolute Gasteiger partial charge is 0.243 e. The number of methoxy groups -OCH3 is 1. The Labute approximate surface area is 191 Å². The maximum atomic E-state index is 13.2. The van der Waals surface area contributed by atoms with Gasteiger partial charge in [0.25, 0.3) is 0 Å². The van der Waals surface area contributed by atoms with E-state index < -0.39 is 6.04 Å². The van der Waals surface area contributed by atoms with E-state index in [4.69, 9.17) is 9.47 Å². The predicted molar refractivity (Wildman–Crippen MR) is 127 cm³/mol. The third kappa shape index (κ3) is 7.91. The van der Waals surface area contributed by atoms with Crippen LogP contribution in [0.4, 0.5) is 0 Å². The van der Waals surface area contributed by atoms with Crippen molar-refractivity contribution in [2.75, 3.05) is 13.7 Å². The van der Waals surface area contributed by atoms with Crippen LogP contribution in [0, 0.1) is 6.92 Å². The first-order valence-corrected chi connectivity index (χ1v) is 11.3. The van der Waals surface area contributed by atoms with Gasteiger partial charge in [0.05, 0.1) is 13.7 Å². The number of benzene rings is 2. The Kier molecular flexibility index (Phi) is 10.1. The van der Waals surface area contributed by atoms with E-state index in [9.17, 15) is 9.59 Å². The molecule has 32 heavy (non-hydrogen) atoms. The normalized spacial score (nSPS) is 11.7. The summed E-state index contributed by atoms with van der Waals surface area (Å²) < 4.78 is 10.9. The Morgan fingerprint density at radius 2 is 1.75 bits per heavy atom. The number of carbonyl (C=O) groups is 2. The first-order valence-electron chi connectivity index (χ1n) is 11.3. The summed E-state index contributed by atoms with van der Waals surface area (Å²) in [4.78, 5) is 27.7. The van der Waals surface area contributed by atoms with Crippen LogP contribution in [0.15, 0.2) is 48.5 Å². The van der Waals surface area contributed by atoms with Crippen LogP contribution < -0.4 is 14.8 Å². The molecule has 0 aliphatic rings. The van der Waals surface area contributed by atoms with Gasteiger partial charge in [0.2, 0.25) is 11.8 Å². The third-order valence-electron chi connectivity index (χ3n) is 5.12. The van der Waals surface area contributed by atoms with E-state index in [1.165, 1.54) is 0 Å². The van der Waals surface area contributed by atoms with Crippen LogP contribution in [0.2, 0.25) is 0 Å². The lowest BCUT2D eigenvalue weighted by molar-refractivity contribution is -0.141. The van der Waals surface area contributed by atoms with Gasteiger partial charge in [-0.25, -0.2) is 0 Å². The van der Waals surface area contributed by atoms with E-state index in [2.05, 4.69) is 11.4 Å². The van der Waals surface area contributed by atoms with Gasteiger partial charge < -0.3 is 19.7 Å². The first kappa shape index (κ1) is 25.2. The highest BCUT2D eigenvalue weighted by atomic mass is 16.5. The molecule has 2 aromatic carbocycles. The van der Waals surface area contributed by atoms with Crippen molar-refractivity contribution in [1.29, 1.82) is 0 Å². The van der Waals surface area contributed by atoms with Crippen molar-refractivity contribution in [2.45, 2.75) is 65.6 Å². The Morgan fingerprint density at radius 1 is 1.06 bits per heavy atom. The number of ether oxygens (including phenoxy) is 2. The molecule has 6 nitrogen and oxygen atoms in total. The Hall–Kier alpha value is -3.02. The summed E-state index contributed by atoms with van der Waals surface area (Å²) in [5, 5.41) is 2.96. The fourth-order valence-electron chi connectivity index (χ4n) is 3.54. The average molecular weight is 441 g/mol. The zero-order chi connectivity index (χ0) is 23.5. The van der Waals surface area contributed by atoms with E-state index in [1.807, 2.05) is 70.2 Å². The summed E-state index contributed by atoms with van der Waals surface area (Å²) in [6, 6.07) is 14.9. The van der Waals surface area contributed by atoms with E-state index in [0.717, 1.165) is 22.6 Å². The highest BCUT2D eigenvalue weighted by Crippen LogP contribution is 2.18. The largest absolute Gasteiger partial charge is 0.497 e. The predicted octanol–water partition coefficient (Wildman–Crippen LogP) is 4.49. The van der Waals surface area contributed by atoms with E-state index >= 15 is 0 Å². The van der Waals surface area contributed by atoms with Crippen LogP contribution >= 0.6 is 0 Å². The van der Waals surface area contributed by atoms with E-state index in [0.29, 0.717) is 32.4 Å². The number of nitrogens with zero attached hydrogens (tertiary/aromatic N) is 1. The van der Waals surface area contributed by atoms with E-state index in [-0.39, 0.29) is 17.9 Å². The summed E-state index contributed by atoms with van der Waals surface area (Å²) >= 11 is 0. The summed E-state index contributed by atoms with van der Waals surface area (Å²) in [6.45, 7) is 8.64. The second-order valence-electron chi connectivity index (χ2n) is 8.23. The monoisotopic (exact) mass is 440 g/mol. The molecule has 174 valence electrons. The van der Waals surface area contributed by atoms with Crippen LogP contribution in [0.5, 0.6) is 11.5 Å². The van der Waals surface area contributed by atoms with Crippen LogP contribution in [0.3, 0.4) is 0 Å². The molecule has 0 heterocycles. The standard InChI is InChI=1S/C26H36N2O4/c1-6-24(26(30)27-19(2)3)28(18-21-10-7-9-20(4)17-21)25(29)11-8-16-32-23-14-12-22(31-5)13-15-23/h7,9-10,12-15,17,19,24H,6,8,11,16,18H2,1-5H3,(H,27,30)/t24-/m0/s1. The molecule has 2 rings (SSSR count). The number of nitrogens with one attached hydrogen (secondary N) is 1. The molecular formula is C26H36N2O4. The lowest BCUT2D eigenvalue weighted by atomic mass is 10.1. The van der Waals surface area contributed by atoms with Gasteiger partial charge in [0, 0.05) is 19.0 Å². The van der Waals surface area contributed by atoms with Crippen molar-refractivity contribution in [3.63, 3.8) is 0 Å². The zero-order valence-electron chi connectivity index (χ0n) is 19.9. The number of amides is 2.